The van der Waals surface area contributed by atoms with Crippen LogP contribution in [0.15, 0.2) is 24.3 Å². The molecule has 2 aliphatic heterocycles. The minimum Gasteiger partial charge on any atom is -0.382 e. The maximum atomic E-state index is 13.0. The third kappa shape index (κ3) is 2.92. The van der Waals surface area contributed by atoms with Crippen LogP contribution in [0.1, 0.15) is 51.5 Å². The first kappa shape index (κ1) is 14.4. The topological polar surface area (TPSA) is 32.3 Å². The molecule has 0 aromatic heterocycles. The van der Waals surface area contributed by atoms with E-state index in [1.54, 1.807) is 0 Å². The Labute approximate surface area is 127 Å². The first-order chi connectivity index (χ1) is 9.96. The maximum absolute atomic E-state index is 13.0. The van der Waals surface area contributed by atoms with Crippen LogP contribution in [0, 0.1) is 5.41 Å². The van der Waals surface area contributed by atoms with Crippen LogP contribution in [0.4, 0.5) is 5.69 Å². The van der Waals surface area contributed by atoms with E-state index in [1.807, 2.05) is 12.1 Å². The number of piperidine rings is 1. The minimum atomic E-state index is 0.0265. The summed E-state index contributed by atoms with van der Waals surface area (Å²) in [4.78, 5) is 15.1. The fourth-order valence-corrected chi connectivity index (χ4v) is 3.52. The molecule has 1 fully saturated rings. The molecule has 3 nitrogen and oxygen atoms in total. The highest BCUT2D eigenvalue weighted by Crippen LogP contribution is 2.37. The third-order valence-electron chi connectivity index (χ3n) is 5.05. The van der Waals surface area contributed by atoms with Gasteiger partial charge in [0.25, 0.3) is 0 Å². The van der Waals surface area contributed by atoms with Gasteiger partial charge in [-0.2, -0.15) is 0 Å². The zero-order valence-corrected chi connectivity index (χ0v) is 13.4. The quantitative estimate of drug-likeness (QED) is 0.855. The largest absolute Gasteiger partial charge is 0.382 e. The lowest BCUT2D eigenvalue weighted by molar-refractivity contribution is -0.135. The standard InChI is InChI=1S/C18H26N2O/c1-13-12-15(14-6-4-5-7-16(14)19-13)17(21)20-10-8-18(2,3)9-11-20/h4-7,13,15,19H,8-12H2,1-3H3. The second kappa shape index (κ2) is 5.36. The monoisotopic (exact) mass is 286 g/mol. The zero-order valence-electron chi connectivity index (χ0n) is 13.4. The Morgan fingerprint density at radius 2 is 1.90 bits per heavy atom. The van der Waals surface area contributed by atoms with Gasteiger partial charge in [-0.05, 0) is 43.2 Å². The van der Waals surface area contributed by atoms with Crippen molar-refractivity contribution in [2.45, 2.75) is 52.0 Å². The predicted molar refractivity (Wildman–Crippen MR) is 86.5 cm³/mol. The molecule has 1 amide bonds. The van der Waals surface area contributed by atoms with E-state index in [4.69, 9.17) is 0 Å². The number of carbonyl (C=O) groups is 1. The minimum absolute atomic E-state index is 0.0265. The molecule has 2 aliphatic rings. The summed E-state index contributed by atoms with van der Waals surface area (Å²) in [5.41, 5.74) is 2.69. The summed E-state index contributed by atoms with van der Waals surface area (Å²) in [5.74, 6) is 0.352. The van der Waals surface area contributed by atoms with Crippen LogP contribution in [0.25, 0.3) is 0 Å². The van der Waals surface area contributed by atoms with E-state index in [9.17, 15) is 4.79 Å². The summed E-state index contributed by atoms with van der Waals surface area (Å²) < 4.78 is 0. The van der Waals surface area contributed by atoms with E-state index in [0.717, 1.165) is 38.0 Å². The Morgan fingerprint density at radius 3 is 2.62 bits per heavy atom. The van der Waals surface area contributed by atoms with Crippen molar-refractivity contribution in [1.29, 1.82) is 0 Å². The van der Waals surface area contributed by atoms with Gasteiger partial charge in [0.1, 0.15) is 0 Å². The number of para-hydroxylation sites is 1. The van der Waals surface area contributed by atoms with Gasteiger partial charge in [-0.3, -0.25) is 4.79 Å². The van der Waals surface area contributed by atoms with Gasteiger partial charge in [0, 0.05) is 24.8 Å². The van der Waals surface area contributed by atoms with E-state index in [0.29, 0.717) is 17.4 Å². The van der Waals surface area contributed by atoms with E-state index in [1.165, 1.54) is 5.56 Å². The van der Waals surface area contributed by atoms with Crippen LogP contribution in [-0.2, 0) is 4.79 Å². The molecule has 0 bridgehead atoms. The average molecular weight is 286 g/mol. The molecule has 3 rings (SSSR count). The molecule has 0 saturated carbocycles. The lowest BCUT2D eigenvalue weighted by Crippen LogP contribution is -2.45. The van der Waals surface area contributed by atoms with Gasteiger partial charge in [0.05, 0.1) is 5.92 Å². The van der Waals surface area contributed by atoms with Crippen molar-refractivity contribution in [3.05, 3.63) is 29.8 Å². The Hall–Kier alpha value is -1.51. The van der Waals surface area contributed by atoms with Gasteiger partial charge < -0.3 is 10.2 Å². The number of carbonyl (C=O) groups excluding carboxylic acids is 1. The van der Waals surface area contributed by atoms with Gasteiger partial charge >= 0.3 is 0 Å². The second-order valence-corrected chi connectivity index (χ2v) is 7.41. The highest BCUT2D eigenvalue weighted by Gasteiger charge is 2.35. The number of nitrogens with zero attached hydrogens (tertiary/aromatic N) is 1. The molecule has 0 aliphatic carbocycles. The second-order valence-electron chi connectivity index (χ2n) is 7.41. The first-order valence-electron chi connectivity index (χ1n) is 8.10. The van der Waals surface area contributed by atoms with Crippen LogP contribution >= 0.6 is 0 Å². The molecule has 2 heterocycles. The normalized spacial score (nSPS) is 27.7. The number of hydrogen-bond donors (Lipinski definition) is 1. The number of benzene rings is 1. The van der Waals surface area contributed by atoms with Crippen LogP contribution < -0.4 is 5.32 Å². The van der Waals surface area contributed by atoms with E-state index in [-0.39, 0.29) is 5.92 Å². The van der Waals surface area contributed by atoms with E-state index < -0.39 is 0 Å². The smallest absolute Gasteiger partial charge is 0.230 e. The summed E-state index contributed by atoms with van der Waals surface area (Å²) in [6.07, 6.45) is 3.12. The Kier molecular flexibility index (Phi) is 3.68. The van der Waals surface area contributed by atoms with Crippen molar-refractivity contribution in [1.82, 2.24) is 4.90 Å². The highest BCUT2D eigenvalue weighted by molar-refractivity contribution is 5.86. The van der Waals surface area contributed by atoms with E-state index >= 15 is 0 Å². The lowest BCUT2D eigenvalue weighted by Gasteiger charge is -2.40. The van der Waals surface area contributed by atoms with Crippen molar-refractivity contribution in [3.8, 4) is 0 Å². The predicted octanol–water partition coefficient (Wildman–Crippen LogP) is 3.62. The highest BCUT2D eigenvalue weighted by atomic mass is 16.2. The molecule has 2 unspecified atom stereocenters. The SMILES string of the molecule is CC1CC(C(=O)N2CCC(C)(C)CC2)c2ccccc2N1. The van der Waals surface area contributed by atoms with Crippen LogP contribution in [0.5, 0.6) is 0 Å². The molecule has 21 heavy (non-hydrogen) atoms. The molecule has 2 atom stereocenters. The molecule has 0 radical (unpaired) electrons. The average Bonchev–Trinajstić information content (AvgIpc) is 2.45. The number of nitrogens with one attached hydrogen (secondary N) is 1. The van der Waals surface area contributed by atoms with Gasteiger partial charge in [-0.25, -0.2) is 0 Å². The summed E-state index contributed by atoms with van der Waals surface area (Å²) in [5, 5.41) is 3.49. The number of anilines is 1. The Morgan fingerprint density at radius 1 is 1.24 bits per heavy atom. The fourth-order valence-electron chi connectivity index (χ4n) is 3.52. The molecular weight excluding hydrogens is 260 g/mol. The number of fused-ring (bicyclic) bond motifs is 1. The van der Waals surface area contributed by atoms with Crippen molar-refractivity contribution in [2.75, 3.05) is 18.4 Å². The molecule has 3 heteroatoms. The number of rotatable bonds is 1. The Bertz CT molecular complexity index is 528. The number of hydrogen-bond acceptors (Lipinski definition) is 2. The lowest BCUT2D eigenvalue weighted by atomic mass is 9.81. The summed E-state index contributed by atoms with van der Waals surface area (Å²) in [6.45, 7) is 8.58. The molecule has 1 aromatic carbocycles. The Balaban J connectivity index is 1.79. The molecule has 114 valence electrons. The van der Waals surface area contributed by atoms with Gasteiger partial charge in [0.2, 0.25) is 5.91 Å². The van der Waals surface area contributed by atoms with Crippen molar-refractivity contribution in [3.63, 3.8) is 0 Å². The maximum Gasteiger partial charge on any atom is 0.230 e. The molecule has 1 N–H and O–H groups in total. The van der Waals surface area contributed by atoms with Crippen LogP contribution in [0.2, 0.25) is 0 Å². The summed E-state index contributed by atoms with van der Waals surface area (Å²) >= 11 is 0. The van der Waals surface area contributed by atoms with Crippen LogP contribution in [0.3, 0.4) is 0 Å². The van der Waals surface area contributed by atoms with Gasteiger partial charge in [0.15, 0.2) is 0 Å². The van der Waals surface area contributed by atoms with Crippen molar-refractivity contribution < 1.29 is 4.79 Å². The zero-order chi connectivity index (χ0) is 15.0. The molecule has 1 aromatic rings. The van der Waals surface area contributed by atoms with Gasteiger partial charge in [-0.1, -0.05) is 32.0 Å². The number of likely N-dealkylation sites (tertiary alicyclic amines) is 1. The van der Waals surface area contributed by atoms with Crippen molar-refractivity contribution >= 4 is 11.6 Å². The first-order valence-corrected chi connectivity index (χ1v) is 8.10. The van der Waals surface area contributed by atoms with E-state index in [2.05, 4.69) is 43.1 Å². The third-order valence-corrected chi connectivity index (χ3v) is 5.05. The molecular formula is C18H26N2O. The summed E-state index contributed by atoms with van der Waals surface area (Å²) in [6, 6.07) is 8.62. The van der Waals surface area contributed by atoms with Crippen molar-refractivity contribution in [2.24, 2.45) is 5.41 Å². The summed E-state index contributed by atoms with van der Waals surface area (Å²) in [7, 11) is 0. The fraction of sp³-hybridized carbons (Fsp3) is 0.611. The van der Waals surface area contributed by atoms with Gasteiger partial charge in [-0.15, -0.1) is 0 Å². The van der Waals surface area contributed by atoms with Crippen LogP contribution in [-0.4, -0.2) is 29.9 Å². The number of amides is 1. The molecule has 1 saturated heterocycles. The molecule has 0 spiro atoms.